The van der Waals surface area contributed by atoms with E-state index in [0.717, 1.165) is 0 Å². The van der Waals surface area contributed by atoms with Crippen LogP contribution < -0.4 is 0 Å². The maximum absolute atomic E-state index is 11.9. The van der Waals surface area contributed by atoms with Gasteiger partial charge in [0.05, 0.1) is 0 Å². The molecule has 1 aliphatic rings. The van der Waals surface area contributed by atoms with Gasteiger partial charge in [-0.15, -0.1) is 0 Å². The molecule has 1 radical (unpaired) electrons. The number of amides is 1. The molecule has 0 bridgehead atoms. The third-order valence-electron chi connectivity index (χ3n) is 2.69. The van der Waals surface area contributed by atoms with Crippen molar-refractivity contribution in [3.63, 3.8) is 0 Å². The summed E-state index contributed by atoms with van der Waals surface area (Å²) in [6.45, 7) is 0.662. The van der Waals surface area contributed by atoms with Crippen LogP contribution in [0.3, 0.4) is 0 Å². The zero-order chi connectivity index (χ0) is 10.8. The summed E-state index contributed by atoms with van der Waals surface area (Å²) in [5.41, 5.74) is 0.520. The molecular formula is C11H12KN2O2. The van der Waals surface area contributed by atoms with Gasteiger partial charge in [-0.3, -0.25) is 14.6 Å². The molecule has 2 heterocycles. The van der Waals surface area contributed by atoms with Crippen LogP contribution >= 0.6 is 0 Å². The van der Waals surface area contributed by atoms with E-state index in [9.17, 15) is 9.59 Å². The number of rotatable bonds is 2. The molecule has 1 aromatic rings. The average molecular weight is 243 g/mol. The fraction of sp³-hybridized carbons (Fsp3) is 0.364. The van der Waals surface area contributed by atoms with Gasteiger partial charge >= 0.3 is 0 Å². The minimum Gasteiger partial charge on any atom is -0.345 e. The molecule has 1 amide bonds. The Bertz CT molecular complexity index is 394. The van der Waals surface area contributed by atoms with Crippen molar-refractivity contribution in [2.24, 2.45) is 5.92 Å². The van der Waals surface area contributed by atoms with Crippen molar-refractivity contribution < 1.29 is 9.59 Å². The first-order chi connectivity index (χ1) is 7.20. The van der Waals surface area contributed by atoms with E-state index < -0.39 is 5.92 Å². The minimum atomic E-state index is -0.501. The van der Waals surface area contributed by atoms with E-state index in [0.29, 0.717) is 18.5 Å². The molecule has 1 aromatic heterocycles. The van der Waals surface area contributed by atoms with Crippen molar-refractivity contribution in [3.8, 4) is 0 Å². The predicted octanol–water partition coefficient (Wildman–Crippen LogP) is 0.362. The van der Waals surface area contributed by atoms with Crippen LogP contribution in [0, 0.1) is 5.92 Å². The summed E-state index contributed by atoms with van der Waals surface area (Å²) >= 11 is 0. The molecule has 1 saturated heterocycles. The fourth-order valence-electron chi connectivity index (χ4n) is 1.78. The second kappa shape index (κ2) is 6.02. The first-order valence-corrected chi connectivity index (χ1v) is 4.89. The molecular weight excluding hydrogens is 231 g/mol. The van der Waals surface area contributed by atoms with E-state index in [2.05, 4.69) is 4.98 Å². The van der Waals surface area contributed by atoms with Gasteiger partial charge < -0.3 is 4.90 Å². The Morgan fingerprint density at radius 2 is 2.31 bits per heavy atom. The first kappa shape index (κ1) is 14.0. The van der Waals surface area contributed by atoms with Crippen LogP contribution in [0.1, 0.15) is 16.8 Å². The van der Waals surface area contributed by atoms with Crippen LogP contribution in [0.4, 0.5) is 0 Å². The molecule has 0 N–H and O–H groups in total. The fourth-order valence-corrected chi connectivity index (χ4v) is 1.78. The zero-order valence-electron chi connectivity index (χ0n) is 9.51. The summed E-state index contributed by atoms with van der Waals surface area (Å²) in [5, 5.41) is 0. The van der Waals surface area contributed by atoms with E-state index in [1.165, 1.54) is 6.20 Å². The summed E-state index contributed by atoms with van der Waals surface area (Å²) in [5.74, 6) is -0.694. The Balaban J connectivity index is 0.00000128. The minimum absolute atomic E-state index is 0. The van der Waals surface area contributed by atoms with Gasteiger partial charge in [0, 0.05) is 82.9 Å². The normalized spacial score (nSPS) is 19.4. The number of hydrogen-bond donors (Lipinski definition) is 0. The summed E-state index contributed by atoms with van der Waals surface area (Å²) in [4.78, 5) is 29.0. The molecule has 79 valence electrons. The number of carbonyl (C=O) groups is 2. The van der Waals surface area contributed by atoms with E-state index >= 15 is 0 Å². The van der Waals surface area contributed by atoms with E-state index in [1.807, 2.05) is 0 Å². The molecule has 5 heteroatoms. The molecule has 16 heavy (non-hydrogen) atoms. The topological polar surface area (TPSA) is 50.3 Å². The van der Waals surface area contributed by atoms with Gasteiger partial charge in [0.1, 0.15) is 5.92 Å². The zero-order valence-corrected chi connectivity index (χ0v) is 12.6. The standard InChI is InChI=1S/C11H12N2O2.K/c1-13-6-4-9(11(13)15)10(14)8-3-2-5-12-7-8;/h2-3,5,7,9H,4,6H2,1H3;. The van der Waals surface area contributed by atoms with Crippen LogP contribution in [0.5, 0.6) is 0 Å². The van der Waals surface area contributed by atoms with E-state index in [4.69, 9.17) is 0 Å². The second-order valence-electron chi connectivity index (χ2n) is 3.71. The van der Waals surface area contributed by atoms with Crippen LogP contribution in [0.2, 0.25) is 0 Å². The maximum atomic E-state index is 11.9. The number of aromatic nitrogens is 1. The molecule has 0 aromatic carbocycles. The molecule has 0 spiro atoms. The maximum Gasteiger partial charge on any atom is 0.233 e. The van der Waals surface area contributed by atoms with Gasteiger partial charge in [0.2, 0.25) is 5.91 Å². The van der Waals surface area contributed by atoms with Crippen LogP contribution in [0.15, 0.2) is 24.5 Å². The Hall–Kier alpha value is -0.0736. The van der Waals surface area contributed by atoms with Gasteiger partial charge in [-0.2, -0.15) is 0 Å². The third-order valence-corrected chi connectivity index (χ3v) is 2.69. The van der Waals surface area contributed by atoms with E-state index in [1.54, 1.807) is 30.3 Å². The van der Waals surface area contributed by atoms with Crippen molar-refractivity contribution in [2.75, 3.05) is 13.6 Å². The van der Waals surface area contributed by atoms with Crippen LogP contribution in [0.25, 0.3) is 0 Å². The average Bonchev–Trinajstić information content (AvgIpc) is 2.60. The van der Waals surface area contributed by atoms with Gasteiger partial charge in [-0.05, 0) is 18.6 Å². The smallest absolute Gasteiger partial charge is 0.233 e. The summed E-state index contributed by atoms with van der Waals surface area (Å²) in [7, 11) is 1.72. The van der Waals surface area contributed by atoms with E-state index in [-0.39, 0.29) is 63.1 Å². The number of Topliss-reactive ketones (excluding diaryl/α,β-unsaturated/α-hetero) is 1. The van der Waals surface area contributed by atoms with Crippen LogP contribution in [-0.2, 0) is 4.79 Å². The first-order valence-electron chi connectivity index (χ1n) is 4.89. The second-order valence-corrected chi connectivity index (χ2v) is 3.71. The Morgan fingerprint density at radius 1 is 1.56 bits per heavy atom. The Labute approximate surface area is 137 Å². The quantitative estimate of drug-likeness (QED) is 0.428. The Morgan fingerprint density at radius 3 is 2.81 bits per heavy atom. The monoisotopic (exact) mass is 243 g/mol. The SMILES string of the molecule is CN1CCC(C(=O)c2cccnc2)C1=O.[K]. The molecule has 1 fully saturated rings. The number of hydrogen-bond acceptors (Lipinski definition) is 3. The third kappa shape index (κ3) is 2.78. The van der Waals surface area contributed by atoms with Gasteiger partial charge in [0.25, 0.3) is 0 Å². The number of ketones is 1. The largest absolute Gasteiger partial charge is 0.345 e. The molecule has 1 aliphatic heterocycles. The summed E-state index contributed by atoms with van der Waals surface area (Å²) in [6, 6.07) is 3.40. The molecule has 2 rings (SSSR count). The molecule has 4 nitrogen and oxygen atoms in total. The number of nitrogens with zero attached hydrogens (tertiary/aromatic N) is 2. The molecule has 0 saturated carbocycles. The summed E-state index contributed by atoms with van der Waals surface area (Å²) < 4.78 is 0. The number of carbonyl (C=O) groups excluding carboxylic acids is 2. The van der Waals surface area contributed by atoms with Crippen LogP contribution in [-0.4, -0.2) is 86.6 Å². The van der Waals surface area contributed by atoms with Crippen molar-refractivity contribution in [1.29, 1.82) is 0 Å². The summed E-state index contributed by atoms with van der Waals surface area (Å²) in [6.07, 6.45) is 3.73. The van der Waals surface area contributed by atoms with Crippen molar-refractivity contribution in [1.82, 2.24) is 9.88 Å². The van der Waals surface area contributed by atoms with Crippen molar-refractivity contribution in [2.45, 2.75) is 6.42 Å². The molecule has 1 atom stereocenters. The van der Waals surface area contributed by atoms with Crippen molar-refractivity contribution in [3.05, 3.63) is 30.1 Å². The molecule has 0 aliphatic carbocycles. The van der Waals surface area contributed by atoms with Gasteiger partial charge in [-0.25, -0.2) is 0 Å². The molecule has 1 unspecified atom stereocenters. The Kier molecular flexibility index (Phi) is 5.26. The number of likely N-dealkylation sites (tertiary alicyclic amines) is 1. The van der Waals surface area contributed by atoms with Gasteiger partial charge in [-0.1, -0.05) is 0 Å². The van der Waals surface area contributed by atoms with Crippen molar-refractivity contribution >= 4 is 63.1 Å². The van der Waals surface area contributed by atoms with Gasteiger partial charge in [0.15, 0.2) is 5.78 Å². The number of pyridine rings is 1. The predicted molar refractivity (Wildman–Crippen MR) is 60.1 cm³/mol.